The number of fused-ring (bicyclic) bond motifs is 1. The minimum absolute atomic E-state index is 0.113. The summed E-state index contributed by atoms with van der Waals surface area (Å²) in [5.41, 5.74) is 3.22. The molecule has 2 aromatic carbocycles. The van der Waals surface area contributed by atoms with Gasteiger partial charge in [0.15, 0.2) is 5.78 Å². The van der Waals surface area contributed by atoms with Gasteiger partial charge in [0.25, 0.3) is 0 Å². The second kappa shape index (κ2) is 7.27. The van der Waals surface area contributed by atoms with Crippen LogP contribution in [-0.2, 0) is 14.3 Å². The van der Waals surface area contributed by atoms with Crippen molar-refractivity contribution in [3.63, 3.8) is 0 Å². The summed E-state index contributed by atoms with van der Waals surface area (Å²) in [4.78, 5) is 26.0. The van der Waals surface area contributed by atoms with E-state index in [0.29, 0.717) is 12.1 Å². The highest BCUT2D eigenvalue weighted by molar-refractivity contribution is 6.01. The van der Waals surface area contributed by atoms with Crippen LogP contribution in [0.4, 0.5) is 0 Å². The van der Waals surface area contributed by atoms with Gasteiger partial charge in [-0.15, -0.1) is 0 Å². The number of nitrogens with one attached hydrogen (secondary N) is 1. The maximum Gasteiger partial charge on any atom is 0.316 e. The molecule has 0 fully saturated rings. The molecule has 0 saturated heterocycles. The van der Waals surface area contributed by atoms with Gasteiger partial charge in [-0.25, -0.2) is 0 Å². The molecule has 2 atom stereocenters. The first kappa shape index (κ1) is 18.5. The fourth-order valence-corrected chi connectivity index (χ4v) is 4.43. The molecule has 1 heterocycles. The number of allylic oxidation sites excluding steroid dienone is 2. The van der Waals surface area contributed by atoms with E-state index in [2.05, 4.69) is 11.9 Å². The molecule has 0 spiro atoms. The number of rotatable bonds is 3. The highest BCUT2D eigenvalue weighted by atomic mass is 16.5. The quantitative estimate of drug-likeness (QED) is 0.796. The SMILES string of the molecule is C=C1NC2=C(C(=O)CCC2)C(c2cccc3ccccc23)C1C(=O)OC(C)C. The van der Waals surface area contributed by atoms with E-state index in [1.54, 1.807) is 0 Å². The number of hydrogen-bond donors (Lipinski definition) is 1. The Labute approximate surface area is 165 Å². The first-order valence-corrected chi connectivity index (χ1v) is 9.87. The lowest BCUT2D eigenvalue weighted by molar-refractivity contribution is -0.151. The van der Waals surface area contributed by atoms with Gasteiger partial charge in [-0.2, -0.15) is 0 Å². The van der Waals surface area contributed by atoms with E-state index in [-0.39, 0.29) is 23.8 Å². The van der Waals surface area contributed by atoms with E-state index in [4.69, 9.17) is 4.74 Å². The molecular formula is C24H25NO3. The monoisotopic (exact) mass is 375 g/mol. The fourth-order valence-electron chi connectivity index (χ4n) is 4.43. The lowest BCUT2D eigenvalue weighted by Crippen LogP contribution is -2.41. The number of ketones is 1. The van der Waals surface area contributed by atoms with Crippen LogP contribution >= 0.6 is 0 Å². The summed E-state index contributed by atoms with van der Waals surface area (Å²) in [7, 11) is 0. The molecule has 2 aliphatic rings. The highest BCUT2D eigenvalue weighted by Crippen LogP contribution is 2.46. The molecule has 28 heavy (non-hydrogen) atoms. The molecule has 144 valence electrons. The van der Waals surface area contributed by atoms with Gasteiger partial charge in [-0.1, -0.05) is 49.0 Å². The Morgan fingerprint density at radius 1 is 1.14 bits per heavy atom. The van der Waals surface area contributed by atoms with Crippen LogP contribution in [0.15, 0.2) is 66.0 Å². The molecule has 1 N–H and O–H groups in total. The maximum atomic E-state index is 13.1. The van der Waals surface area contributed by atoms with Crippen LogP contribution in [-0.4, -0.2) is 17.9 Å². The summed E-state index contributed by atoms with van der Waals surface area (Å²) in [6.07, 6.45) is 1.90. The van der Waals surface area contributed by atoms with E-state index < -0.39 is 5.92 Å². The fraction of sp³-hybridized carbons (Fsp3) is 0.333. The van der Waals surface area contributed by atoms with E-state index in [1.807, 2.05) is 56.3 Å². The molecule has 0 aromatic heterocycles. The average Bonchev–Trinajstić information content (AvgIpc) is 2.66. The van der Waals surface area contributed by atoms with Crippen molar-refractivity contribution in [2.75, 3.05) is 0 Å². The minimum Gasteiger partial charge on any atom is -0.462 e. The Morgan fingerprint density at radius 2 is 1.89 bits per heavy atom. The molecule has 0 radical (unpaired) electrons. The van der Waals surface area contributed by atoms with Gasteiger partial charge in [-0.05, 0) is 43.0 Å². The molecule has 4 heteroatoms. The van der Waals surface area contributed by atoms with Crippen LogP contribution in [0.25, 0.3) is 10.8 Å². The van der Waals surface area contributed by atoms with Crippen LogP contribution in [0.5, 0.6) is 0 Å². The van der Waals surface area contributed by atoms with Crippen molar-refractivity contribution in [2.45, 2.75) is 45.1 Å². The van der Waals surface area contributed by atoms with Gasteiger partial charge in [0, 0.05) is 29.3 Å². The molecular weight excluding hydrogens is 350 g/mol. The third kappa shape index (κ3) is 3.13. The maximum absolute atomic E-state index is 13.1. The van der Waals surface area contributed by atoms with Gasteiger partial charge >= 0.3 is 5.97 Å². The smallest absolute Gasteiger partial charge is 0.316 e. The van der Waals surface area contributed by atoms with Crippen molar-refractivity contribution in [2.24, 2.45) is 5.92 Å². The van der Waals surface area contributed by atoms with Gasteiger partial charge in [0.2, 0.25) is 0 Å². The molecule has 2 unspecified atom stereocenters. The predicted molar refractivity (Wildman–Crippen MR) is 110 cm³/mol. The Balaban J connectivity index is 1.94. The number of ether oxygens (including phenoxy) is 1. The molecule has 2 aromatic rings. The van der Waals surface area contributed by atoms with Gasteiger partial charge in [0.1, 0.15) is 5.92 Å². The van der Waals surface area contributed by atoms with Crippen LogP contribution in [0.3, 0.4) is 0 Å². The standard InChI is InChI=1S/C24H25NO3/c1-14(2)28-24(27)21-15(3)25-19-12-7-13-20(26)23(19)22(21)18-11-6-9-16-8-4-5-10-17(16)18/h4-6,8-11,14,21-22,25H,3,7,12-13H2,1-2H3. The van der Waals surface area contributed by atoms with E-state index in [1.165, 1.54) is 0 Å². The summed E-state index contributed by atoms with van der Waals surface area (Å²) in [5, 5.41) is 5.41. The third-order valence-corrected chi connectivity index (χ3v) is 5.55. The second-order valence-corrected chi connectivity index (χ2v) is 7.83. The number of carbonyl (C=O) groups excluding carboxylic acids is 2. The van der Waals surface area contributed by atoms with Crippen molar-refractivity contribution >= 4 is 22.5 Å². The summed E-state index contributed by atoms with van der Waals surface area (Å²) >= 11 is 0. The number of esters is 1. The highest BCUT2D eigenvalue weighted by Gasteiger charge is 2.44. The molecule has 1 aliphatic heterocycles. The molecule has 0 amide bonds. The number of carbonyl (C=O) groups is 2. The Morgan fingerprint density at radius 3 is 2.68 bits per heavy atom. The molecule has 1 aliphatic carbocycles. The van der Waals surface area contributed by atoms with Crippen molar-refractivity contribution < 1.29 is 14.3 Å². The van der Waals surface area contributed by atoms with Crippen LogP contribution in [0.1, 0.15) is 44.6 Å². The van der Waals surface area contributed by atoms with Crippen molar-refractivity contribution in [1.29, 1.82) is 0 Å². The van der Waals surface area contributed by atoms with Crippen LogP contribution in [0, 0.1) is 5.92 Å². The molecule has 4 nitrogen and oxygen atoms in total. The topological polar surface area (TPSA) is 55.4 Å². The minimum atomic E-state index is -0.631. The Bertz CT molecular complexity index is 997. The van der Waals surface area contributed by atoms with E-state index in [9.17, 15) is 9.59 Å². The third-order valence-electron chi connectivity index (χ3n) is 5.55. The Hall–Kier alpha value is -2.88. The summed E-state index contributed by atoms with van der Waals surface area (Å²) < 4.78 is 5.57. The Kier molecular flexibility index (Phi) is 4.80. The molecule has 0 bridgehead atoms. The van der Waals surface area contributed by atoms with E-state index >= 15 is 0 Å². The summed E-state index contributed by atoms with van der Waals surface area (Å²) in [6, 6.07) is 14.1. The van der Waals surface area contributed by atoms with Gasteiger partial charge < -0.3 is 10.1 Å². The van der Waals surface area contributed by atoms with Gasteiger partial charge in [0.05, 0.1) is 6.10 Å². The second-order valence-electron chi connectivity index (χ2n) is 7.83. The first-order valence-electron chi connectivity index (χ1n) is 9.87. The largest absolute Gasteiger partial charge is 0.462 e. The molecule has 4 rings (SSSR count). The van der Waals surface area contributed by atoms with Crippen molar-refractivity contribution in [3.05, 3.63) is 71.6 Å². The van der Waals surface area contributed by atoms with Crippen molar-refractivity contribution in [3.8, 4) is 0 Å². The zero-order chi connectivity index (χ0) is 19.8. The summed E-state index contributed by atoms with van der Waals surface area (Å²) in [6.45, 7) is 7.81. The lowest BCUT2D eigenvalue weighted by Gasteiger charge is -2.38. The normalized spacial score (nSPS) is 22.2. The van der Waals surface area contributed by atoms with Crippen LogP contribution < -0.4 is 5.32 Å². The molecule has 0 saturated carbocycles. The zero-order valence-corrected chi connectivity index (χ0v) is 16.3. The lowest BCUT2D eigenvalue weighted by atomic mass is 9.70. The van der Waals surface area contributed by atoms with E-state index in [0.717, 1.165) is 40.4 Å². The van der Waals surface area contributed by atoms with Crippen LogP contribution in [0.2, 0.25) is 0 Å². The van der Waals surface area contributed by atoms with Gasteiger partial charge in [-0.3, -0.25) is 9.59 Å². The predicted octanol–water partition coefficient (Wildman–Crippen LogP) is 4.62. The summed E-state index contributed by atoms with van der Waals surface area (Å²) in [5.74, 6) is -1.24. The first-order chi connectivity index (χ1) is 13.5. The number of Topliss-reactive ketones (excluding diaryl/α,β-unsaturated/α-hetero) is 1. The average molecular weight is 375 g/mol. The van der Waals surface area contributed by atoms with Crippen molar-refractivity contribution in [1.82, 2.24) is 5.32 Å². The zero-order valence-electron chi connectivity index (χ0n) is 16.3. The number of benzene rings is 2. The number of hydrogen-bond acceptors (Lipinski definition) is 4.